The van der Waals surface area contributed by atoms with E-state index in [9.17, 15) is 9.18 Å². The number of aromatic nitrogens is 1. The minimum atomic E-state index is -0.311. The third-order valence-corrected chi connectivity index (χ3v) is 6.27. The van der Waals surface area contributed by atoms with Gasteiger partial charge >= 0.3 is 0 Å². The standard InChI is InChI=1S/C20H24FN3O2S/c21-17-6-2-1-5-16(17)19-22-12-18(27-19)20(25)24-7-3-4-15(14-24)13-23-8-10-26-11-9-23/h1-2,5-6,12,15H,3-4,7-11,13-14H2. The van der Waals surface area contributed by atoms with E-state index in [1.165, 1.54) is 17.4 Å². The van der Waals surface area contributed by atoms with Crippen molar-refractivity contribution in [2.75, 3.05) is 45.9 Å². The third-order valence-electron chi connectivity index (χ3n) is 5.25. The van der Waals surface area contributed by atoms with Gasteiger partial charge in [-0.3, -0.25) is 9.69 Å². The van der Waals surface area contributed by atoms with E-state index in [1.54, 1.807) is 24.4 Å². The van der Waals surface area contributed by atoms with Gasteiger partial charge < -0.3 is 9.64 Å². The zero-order valence-corrected chi connectivity index (χ0v) is 16.1. The molecule has 2 aromatic rings. The van der Waals surface area contributed by atoms with E-state index in [2.05, 4.69) is 9.88 Å². The Kier molecular flexibility index (Phi) is 5.80. The molecule has 0 N–H and O–H groups in total. The fourth-order valence-corrected chi connectivity index (χ4v) is 4.75. The molecule has 0 spiro atoms. The molecule has 2 fully saturated rings. The van der Waals surface area contributed by atoms with Crippen LogP contribution in [0.5, 0.6) is 0 Å². The number of nitrogens with zero attached hydrogens (tertiary/aromatic N) is 3. The van der Waals surface area contributed by atoms with Crippen molar-refractivity contribution in [3.8, 4) is 10.6 Å². The molecule has 5 nitrogen and oxygen atoms in total. The summed E-state index contributed by atoms with van der Waals surface area (Å²) in [5.41, 5.74) is 0.449. The largest absolute Gasteiger partial charge is 0.379 e. The number of thiazole rings is 1. The van der Waals surface area contributed by atoms with Gasteiger partial charge in [0.05, 0.1) is 19.4 Å². The maximum Gasteiger partial charge on any atom is 0.265 e. The van der Waals surface area contributed by atoms with Crippen LogP contribution in [0.3, 0.4) is 0 Å². The van der Waals surface area contributed by atoms with E-state index in [1.807, 2.05) is 4.90 Å². The molecule has 0 aliphatic carbocycles. The average molecular weight is 389 g/mol. The van der Waals surface area contributed by atoms with Crippen molar-refractivity contribution in [2.45, 2.75) is 12.8 Å². The van der Waals surface area contributed by atoms with E-state index in [-0.39, 0.29) is 11.7 Å². The molecular formula is C20H24FN3O2S. The molecule has 4 rings (SSSR count). The number of amides is 1. The van der Waals surface area contributed by atoms with Crippen LogP contribution in [-0.2, 0) is 4.74 Å². The van der Waals surface area contributed by atoms with Gasteiger partial charge in [0.2, 0.25) is 0 Å². The molecule has 2 saturated heterocycles. The summed E-state index contributed by atoms with van der Waals surface area (Å²) in [6.45, 7) is 6.14. The van der Waals surface area contributed by atoms with Crippen molar-refractivity contribution < 1.29 is 13.9 Å². The molecule has 1 aromatic carbocycles. The Bertz CT molecular complexity index is 791. The first-order valence-electron chi connectivity index (χ1n) is 9.51. The van der Waals surface area contributed by atoms with Crippen molar-refractivity contribution in [3.05, 3.63) is 41.2 Å². The first-order chi connectivity index (χ1) is 13.2. The topological polar surface area (TPSA) is 45.7 Å². The van der Waals surface area contributed by atoms with Gasteiger partial charge in [-0.15, -0.1) is 11.3 Å². The van der Waals surface area contributed by atoms with Crippen molar-refractivity contribution in [1.82, 2.24) is 14.8 Å². The summed E-state index contributed by atoms with van der Waals surface area (Å²) in [5.74, 6) is 0.205. The lowest BCUT2D eigenvalue weighted by atomic mass is 9.97. The Morgan fingerprint density at radius 3 is 2.89 bits per heavy atom. The minimum absolute atomic E-state index is 0.0155. The lowest BCUT2D eigenvalue weighted by molar-refractivity contribution is 0.0224. The van der Waals surface area contributed by atoms with Crippen LogP contribution in [0.25, 0.3) is 10.6 Å². The summed E-state index contributed by atoms with van der Waals surface area (Å²) in [6, 6.07) is 6.55. The lowest BCUT2D eigenvalue weighted by Crippen LogP contribution is -2.46. The van der Waals surface area contributed by atoms with Crippen molar-refractivity contribution in [1.29, 1.82) is 0 Å². The van der Waals surface area contributed by atoms with Gasteiger partial charge in [-0.2, -0.15) is 0 Å². The molecule has 3 heterocycles. The van der Waals surface area contributed by atoms with Crippen LogP contribution in [0.2, 0.25) is 0 Å². The highest BCUT2D eigenvalue weighted by molar-refractivity contribution is 7.16. The van der Waals surface area contributed by atoms with Crippen LogP contribution >= 0.6 is 11.3 Å². The molecule has 1 amide bonds. The van der Waals surface area contributed by atoms with Gasteiger partial charge in [0.1, 0.15) is 15.7 Å². The fourth-order valence-electron chi connectivity index (χ4n) is 3.84. The number of ether oxygens (including phenoxy) is 1. The second-order valence-corrected chi connectivity index (χ2v) is 8.21. The number of hydrogen-bond donors (Lipinski definition) is 0. The van der Waals surface area contributed by atoms with Gasteiger partial charge in [0.25, 0.3) is 5.91 Å². The van der Waals surface area contributed by atoms with Gasteiger partial charge in [0.15, 0.2) is 0 Å². The van der Waals surface area contributed by atoms with E-state index in [0.29, 0.717) is 21.4 Å². The van der Waals surface area contributed by atoms with Crippen LogP contribution in [-0.4, -0.2) is 66.6 Å². The first-order valence-corrected chi connectivity index (χ1v) is 10.3. The van der Waals surface area contributed by atoms with E-state index in [4.69, 9.17) is 4.74 Å². The first kappa shape index (κ1) is 18.5. The zero-order valence-electron chi connectivity index (χ0n) is 15.3. The van der Waals surface area contributed by atoms with Crippen molar-refractivity contribution in [3.63, 3.8) is 0 Å². The van der Waals surface area contributed by atoms with Gasteiger partial charge in [-0.05, 0) is 30.9 Å². The summed E-state index contributed by atoms with van der Waals surface area (Å²) in [7, 11) is 0. The maximum absolute atomic E-state index is 14.0. The zero-order chi connectivity index (χ0) is 18.6. The third kappa shape index (κ3) is 4.36. The number of likely N-dealkylation sites (tertiary alicyclic amines) is 1. The number of carbonyl (C=O) groups excluding carboxylic acids is 1. The van der Waals surface area contributed by atoms with Crippen LogP contribution in [0.4, 0.5) is 4.39 Å². The molecule has 0 bridgehead atoms. The Morgan fingerprint density at radius 1 is 1.26 bits per heavy atom. The van der Waals surface area contributed by atoms with Crippen LogP contribution in [0, 0.1) is 11.7 Å². The summed E-state index contributed by atoms with van der Waals surface area (Å²) < 4.78 is 19.4. The minimum Gasteiger partial charge on any atom is -0.379 e. The molecule has 7 heteroatoms. The lowest BCUT2D eigenvalue weighted by Gasteiger charge is -2.36. The highest BCUT2D eigenvalue weighted by Gasteiger charge is 2.27. The second kappa shape index (κ2) is 8.46. The monoisotopic (exact) mass is 389 g/mol. The Balaban J connectivity index is 1.41. The molecule has 144 valence electrons. The number of halogens is 1. The number of benzene rings is 1. The molecule has 0 saturated carbocycles. The number of rotatable bonds is 4. The average Bonchev–Trinajstić information content (AvgIpc) is 3.19. The maximum atomic E-state index is 14.0. The number of piperidine rings is 1. The fraction of sp³-hybridized carbons (Fsp3) is 0.500. The van der Waals surface area contributed by atoms with Crippen molar-refractivity contribution in [2.24, 2.45) is 5.92 Å². The molecule has 0 radical (unpaired) electrons. The van der Waals surface area contributed by atoms with Crippen LogP contribution in [0.15, 0.2) is 30.5 Å². The van der Waals surface area contributed by atoms with Crippen LogP contribution < -0.4 is 0 Å². The van der Waals surface area contributed by atoms with Crippen LogP contribution in [0.1, 0.15) is 22.5 Å². The summed E-state index contributed by atoms with van der Waals surface area (Å²) >= 11 is 1.27. The Morgan fingerprint density at radius 2 is 2.07 bits per heavy atom. The molecule has 2 aliphatic rings. The quantitative estimate of drug-likeness (QED) is 0.806. The Hall–Kier alpha value is -1.83. The molecule has 1 atom stereocenters. The molecular weight excluding hydrogens is 365 g/mol. The van der Waals surface area contributed by atoms with Gasteiger partial charge in [0, 0.05) is 38.3 Å². The SMILES string of the molecule is O=C(c1cnc(-c2ccccc2F)s1)N1CCCC(CN2CCOCC2)C1. The van der Waals surface area contributed by atoms with Crippen molar-refractivity contribution >= 4 is 17.2 Å². The molecule has 2 aliphatic heterocycles. The molecule has 1 unspecified atom stereocenters. The summed E-state index contributed by atoms with van der Waals surface area (Å²) in [4.78, 5) is 22.2. The number of morpholine rings is 1. The summed E-state index contributed by atoms with van der Waals surface area (Å²) in [6.07, 6.45) is 3.77. The highest BCUT2D eigenvalue weighted by Crippen LogP contribution is 2.29. The smallest absolute Gasteiger partial charge is 0.265 e. The molecule has 27 heavy (non-hydrogen) atoms. The number of hydrogen-bond acceptors (Lipinski definition) is 5. The van der Waals surface area contributed by atoms with E-state index >= 15 is 0 Å². The highest BCUT2D eigenvalue weighted by atomic mass is 32.1. The van der Waals surface area contributed by atoms with E-state index < -0.39 is 0 Å². The van der Waals surface area contributed by atoms with Gasteiger partial charge in [-0.25, -0.2) is 9.37 Å². The summed E-state index contributed by atoms with van der Waals surface area (Å²) in [5, 5.41) is 0.554. The normalized spacial score (nSPS) is 21.4. The predicted molar refractivity (Wildman–Crippen MR) is 103 cm³/mol. The Labute approximate surface area is 162 Å². The van der Waals surface area contributed by atoms with E-state index in [0.717, 1.165) is 58.8 Å². The van der Waals surface area contributed by atoms with Gasteiger partial charge in [-0.1, -0.05) is 12.1 Å². The number of carbonyl (C=O) groups is 1. The predicted octanol–water partition coefficient (Wildman–Crippen LogP) is 3.13. The molecule has 1 aromatic heterocycles. The second-order valence-electron chi connectivity index (χ2n) is 7.18.